The van der Waals surface area contributed by atoms with Crippen molar-refractivity contribution in [2.24, 2.45) is 0 Å². The molecule has 2 rings (SSSR count). The molecular formula is C15H22ClNS. The zero-order valence-corrected chi connectivity index (χ0v) is 12.6. The van der Waals surface area contributed by atoms with Crippen LogP contribution in [0.2, 0.25) is 5.02 Å². The van der Waals surface area contributed by atoms with Gasteiger partial charge in [0.05, 0.1) is 0 Å². The molecule has 1 saturated carbocycles. The van der Waals surface area contributed by atoms with Gasteiger partial charge in [0.15, 0.2) is 0 Å². The van der Waals surface area contributed by atoms with E-state index in [1.165, 1.54) is 42.6 Å². The largest absolute Gasteiger partial charge is 0.313 e. The van der Waals surface area contributed by atoms with E-state index in [-0.39, 0.29) is 0 Å². The van der Waals surface area contributed by atoms with Gasteiger partial charge < -0.3 is 5.32 Å². The number of hydrogen-bond donors (Lipinski definition) is 1. The Kier molecular flexibility index (Phi) is 5.87. The summed E-state index contributed by atoms with van der Waals surface area (Å²) >= 11 is 8.36. The SMILES string of the molecule is CCNCc1c(Cl)cccc1SC1CCCCC1. The number of thioether (sulfide) groups is 1. The smallest absolute Gasteiger partial charge is 0.0462 e. The van der Waals surface area contributed by atoms with E-state index in [2.05, 4.69) is 24.4 Å². The number of hydrogen-bond acceptors (Lipinski definition) is 2. The molecule has 0 unspecified atom stereocenters. The van der Waals surface area contributed by atoms with Gasteiger partial charge in [0.25, 0.3) is 0 Å². The Labute approximate surface area is 120 Å². The second kappa shape index (κ2) is 7.42. The normalized spacial score (nSPS) is 17.0. The van der Waals surface area contributed by atoms with E-state index in [0.29, 0.717) is 0 Å². The molecule has 0 amide bonds. The van der Waals surface area contributed by atoms with Crippen LogP contribution in [0, 0.1) is 0 Å². The highest BCUT2D eigenvalue weighted by Gasteiger charge is 2.17. The van der Waals surface area contributed by atoms with Gasteiger partial charge in [-0.05, 0) is 37.1 Å². The Morgan fingerprint density at radius 2 is 2.06 bits per heavy atom. The van der Waals surface area contributed by atoms with Crippen LogP contribution in [-0.2, 0) is 6.54 Å². The van der Waals surface area contributed by atoms with Crippen LogP contribution >= 0.6 is 23.4 Å². The number of halogens is 1. The van der Waals surface area contributed by atoms with Crippen molar-refractivity contribution < 1.29 is 0 Å². The molecule has 0 heterocycles. The van der Waals surface area contributed by atoms with Crippen LogP contribution in [0.4, 0.5) is 0 Å². The molecule has 18 heavy (non-hydrogen) atoms. The number of benzene rings is 1. The van der Waals surface area contributed by atoms with Gasteiger partial charge in [-0.15, -0.1) is 11.8 Å². The van der Waals surface area contributed by atoms with E-state index in [4.69, 9.17) is 11.6 Å². The zero-order valence-electron chi connectivity index (χ0n) is 11.0. The summed E-state index contributed by atoms with van der Waals surface area (Å²) in [6.45, 7) is 3.99. The second-order valence-electron chi connectivity index (χ2n) is 4.87. The van der Waals surface area contributed by atoms with Crippen LogP contribution in [0.1, 0.15) is 44.6 Å². The molecule has 1 fully saturated rings. The lowest BCUT2D eigenvalue weighted by molar-refractivity contribution is 0.516. The van der Waals surface area contributed by atoms with Crippen LogP contribution in [0.25, 0.3) is 0 Å². The van der Waals surface area contributed by atoms with Gasteiger partial charge >= 0.3 is 0 Å². The summed E-state index contributed by atoms with van der Waals surface area (Å²) in [7, 11) is 0. The first-order chi connectivity index (χ1) is 8.81. The summed E-state index contributed by atoms with van der Waals surface area (Å²) in [5, 5.41) is 5.07. The van der Waals surface area contributed by atoms with E-state index in [1.54, 1.807) is 0 Å². The zero-order chi connectivity index (χ0) is 12.8. The Morgan fingerprint density at radius 1 is 1.28 bits per heavy atom. The first-order valence-electron chi connectivity index (χ1n) is 6.96. The molecule has 1 nitrogen and oxygen atoms in total. The fourth-order valence-electron chi connectivity index (χ4n) is 2.43. The maximum atomic E-state index is 6.33. The third-order valence-electron chi connectivity index (χ3n) is 3.47. The lowest BCUT2D eigenvalue weighted by atomic mass is 10.0. The lowest BCUT2D eigenvalue weighted by Crippen LogP contribution is -2.14. The third kappa shape index (κ3) is 3.91. The molecule has 1 aliphatic carbocycles. The van der Waals surface area contributed by atoms with Crippen LogP contribution in [0.3, 0.4) is 0 Å². The molecule has 100 valence electrons. The third-order valence-corrected chi connectivity index (χ3v) is 5.27. The van der Waals surface area contributed by atoms with E-state index in [1.807, 2.05) is 17.8 Å². The Morgan fingerprint density at radius 3 is 2.78 bits per heavy atom. The molecule has 0 atom stereocenters. The van der Waals surface area contributed by atoms with E-state index >= 15 is 0 Å². The van der Waals surface area contributed by atoms with Crippen LogP contribution < -0.4 is 5.32 Å². The van der Waals surface area contributed by atoms with Gasteiger partial charge in [-0.25, -0.2) is 0 Å². The first-order valence-corrected chi connectivity index (χ1v) is 8.21. The highest BCUT2D eigenvalue weighted by atomic mass is 35.5. The maximum absolute atomic E-state index is 6.33. The number of nitrogens with one attached hydrogen (secondary N) is 1. The summed E-state index contributed by atoms with van der Waals surface area (Å²) in [4.78, 5) is 1.37. The van der Waals surface area contributed by atoms with Crippen molar-refractivity contribution in [2.75, 3.05) is 6.54 Å². The Hall–Kier alpha value is -0.180. The summed E-state index contributed by atoms with van der Waals surface area (Å²) < 4.78 is 0. The summed E-state index contributed by atoms with van der Waals surface area (Å²) in [5.74, 6) is 0. The van der Waals surface area contributed by atoms with Gasteiger partial charge in [0.2, 0.25) is 0 Å². The molecule has 1 aromatic carbocycles. The summed E-state index contributed by atoms with van der Waals surface area (Å²) in [6, 6.07) is 6.29. The fourth-order valence-corrected chi connectivity index (χ4v) is 4.14. The van der Waals surface area contributed by atoms with Gasteiger partial charge in [0, 0.05) is 21.7 Å². The molecule has 1 aliphatic rings. The van der Waals surface area contributed by atoms with Gasteiger partial charge in [0.1, 0.15) is 0 Å². The van der Waals surface area contributed by atoms with Crippen molar-refractivity contribution in [3.63, 3.8) is 0 Å². The van der Waals surface area contributed by atoms with Crippen molar-refractivity contribution in [2.45, 2.75) is 55.7 Å². The molecular weight excluding hydrogens is 262 g/mol. The molecule has 0 bridgehead atoms. The number of rotatable bonds is 5. The monoisotopic (exact) mass is 283 g/mol. The minimum absolute atomic E-state index is 0.789. The van der Waals surface area contributed by atoms with E-state index < -0.39 is 0 Å². The van der Waals surface area contributed by atoms with Gasteiger partial charge in [-0.1, -0.05) is 43.9 Å². The topological polar surface area (TPSA) is 12.0 Å². The summed E-state index contributed by atoms with van der Waals surface area (Å²) in [6.07, 6.45) is 6.91. The highest BCUT2D eigenvalue weighted by Crippen LogP contribution is 2.37. The average molecular weight is 284 g/mol. The second-order valence-corrected chi connectivity index (χ2v) is 6.62. The Bertz CT molecular complexity index is 375. The minimum atomic E-state index is 0.789. The molecule has 0 radical (unpaired) electrons. The van der Waals surface area contributed by atoms with Crippen molar-refractivity contribution >= 4 is 23.4 Å². The predicted molar refractivity (Wildman–Crippen MR) is 81.6 cm³/mol. The molecule has 0 spiro atoms. The Balaban J connectivity index is 2.07. The standard InChI is InChI=1S/C15H22ClNS/c1-2-17-11-13-14(16)9-6-10-15(13)18-12-7-4-3-5-8-12/h6,9-10,12,17H,2-5,7-8,11H2,1H3. The fraction of sp³-hybridized carbons (Fsp3) is 0.600. The first kappa shape index (κ1) is 14.2. The highest BCUT2D eigenvalue weighted by molar-refractivity contribution is 8.00. The quantitative estimate of drug-likeness (QED) is 0.827. The minimum Gasteiger partial charge on any atom is -0.313 e. The molecule has 0 aliphatic heterocycles. The molecule has 1 aromatic rings. The van der Waals surface area contributed by atoms with E-state index in [0.717, 1.165) is 23.4 Å². The maximum Gasteiger partial charge on any atom is 0.0462 e. The lowest BCUT2D eigenvalue weighted by Gasteiger charge is -2.22. The molecule has 0 saturated heterocycles. The van der Waals surface area contributed by atoms with Crippen molar-refractivity contribution in [1.29, 1.82) is 0 Å². The molecule has 0 aromatic heterocycles. The predicted octanol–water partition coefficient (Wildman–Crippen LogP) is 4.87. The van der Waals surface area contributed by atoms with E-state index in [9.17, 15) is 0 Å². The van der Waals surface area contributed by atoms with Crippen molar-refractivity contribution in [3.05, 3.63) is 28.8 Å². The van der Waals surface area contributed by atoms with Crippen LogP contribution in [0.15, 0.2) is 23.1 Å². The van der Waals surface area contributed by atoms with Crippen LogP contribution in [0.5, 0.6) is 0 Å². The van der Waals surface area contributed by atoms with Crippen molar-refractivity contribution in [3.8, 4) is 0 Å². The molecule has 3 heteroatoms. The molecule has 1 N–H and O–H groups in total. The van der Waals surface area contributed by atoms with Gasteiger partial charge in [-0.3, -0.25) is 0 Å². The summed E-state index contributed by atoms with van der Waals surface area (Å²) in [5.41, 5.74) is 1.27. The van der Waals surface area contributed by atoms with Crippen LogP contribution in [-0.4, -0.2) is 11.8 Å². The van der Waals surface area contributed by atoms with Gasteiger partial charge in [-0.2, -0.15) is 0 Å². The average Bonchev–Trinajstić information content (AvgIpc) is 2.39. The van der Waals surface area contributed by atoms with Crippen molar-refractivity contribution in [1.82, 2.24) is 5.32 Å².